The number of ether oxygens (including phenoxy) is 1. The fourth-order valence-corrected chi connectivity index (χ4v) is 2.74. The SMILES string of the molecule is CSCCC(N)C(=O)Nc1ccc(NC(=O)C2CCCO2)cc1. The van der Waals surface area contributed by atoms with E-state index in [0.717, 1.165) is 18.6 Å². The van der Waals surface area contributed by atoms with Gasteiger partial charge in [-0.05, 0) is 55.5 Å². The van der Waals surface area contributed by atoms with Gasteiger partial charge in [0.1, 0.15) is 6.10 Å². The monoisotopic (exact) mass is 337 g/mol. The maximum Gasteiger partial charge on any atom is 0.253 e. The second-order valence-corrected chi connectivity index (χ2v) is 6.43. The van der Waals surface area contributed by atoms with Crippen molar-refractivity contribution in [1.82, 2.24) is 0 Å². The van der Waals surface area contributed by atoms with Gasteiger partial charge in [0.05, 0.1) is 6.04 Å². The largest absolute Gasteiger partial charge is 0.368 e. The van der Waals surface area contributed by atoms with E-state index in [0.29, 0.717) is 24.4 Å². The Bertz CT molecular complexity index is 530. The molecule has 1 fully saturated rings. The summed E-state index contributed by atoms with van der Waals surface area (Å²) in [7, 11) is 0. The molecule has 7 heteroatoms. The topological polar surface area (TPSA) is 93.5 Å². The third-order valence-corrected chi connectivity index (χ3v) is 4.26. The van der Waals surface area contributed by atoms with Crippen LogP contribution in [0.5, 0.6) is 0 Å². The first-order valence-corrected chi connectivity index (χ1v) is 9.07. The van der Waals surface area contributed by atoms with Crippen LogP contribution in [-0.2, 0) is 14.3 Å². The highest BCUT2D eigenvalue weighted by atomic mass is 32.2. The zero-order valence-corrected chi connectivity index (χ0v) is 14.0. The van der Waals surface area contributed by atoms with Gasteiger partial charge in [0.15, 0.2) is 0 Å². The molecule has 2 amide bonds. The summed E-state index contributed by atoms with van der Waals surface area (Å²) in [4.78, 5) is 23.9. The summed E-state index contributed by atoms with van der Waals surface area (Å²) in [5, 5.41) is 5.59. The quantitative estimate of drug-likeness (QED) is 0.706. The third kappa shape index (κ3) is 5.53. The minimum absolute atomic E-state index is 0.127. The summed E-state index contributed by atoms with van der Waals surface area (Å²) in [5.74, 6) is 0.525. The van der Waals surface area contributed by atoms with Gasteiger partial charge in [-0.1, -0.05) is 0 Å². The molecular weight excluding hydrogens is 314 g/mol. The summed E-state index contributed by atoms with van der Waals surface area (Å²) >= 11 is 1.66. The smallest absolute Gasteiger partial charge is 0.253 e. The van der Waals surface area contributed by atoms with E-state index in [2.05, 4.69) is 10.6 Å². The molecule has 1 aromatic carbocycles. The van der Waals surface area contributed by atoms with E-state index in [1.807, 2.05) is 6.26 Å². The average Bonchev–Trinajstić information content (AvgIpc) is 3.09. The molecule has 0 spiro atoms. The van der Waals surface area contributed by atoms with E-state index in [9.17, 15) is 9.59 Å². The molecule has 0 aliphatic carbocycles. The van der Waals surface area contributed by atoms with Crippen molar-refractivity contribution in [2.75, 3.05) is 29.2 Å². The molecule has 1 aliphatic heterocycles. The van der Waals surface area contributed by atoms with Crippen molar-refractivity contribution in [3.8, 4) is 0 Å². The number of carbonyl (C=O) groups is 2. The van der Waals surface area contributed by atoms with Gasteiger partial charge in [-0.3, -0.25) is 9.59 Å². The van der Waals surface area contributed by atoms with Crippen molar-refractivity contribution < 1.29 is 14.3 Å². The minimum atomic E-state index is -0.513. The van der Waals surface area contributed by atoms with Crippen LogP contribution < -0.4 is 16.4 Å². The van der Waals surface area contributed by atoms with E-state index >= 15 is 0 Å². The molecule has 0 saturated carbocycles. The highest BCUT2D eigenvalue weighted by Gasteiger charge is 2.23. The zero-order valence-electron chi connectivity index (χ0n) is 13.2. The normalized spacial score (nSPS) is 18.4. The Morgan fingerprint density at radius 2 is 1.96 bits per heavy atom. The third-order valence-electron chi connectivity index (χ3n) is 3.61. The number of hydrogen-bond donors (Lipinski definition) is 3. The number of nitrogens with one attached hydrogen (secondary N) is 2. The Hall–Kier alpha value is -1.57. The second-order valence-electron chi connectivity index (χ2n) is 5.45. The van der Waals surface area contributed by atoms with Crippen molar-refractivity contribution in [3.05, 3.63) is 24.3 Å². The molecule has 2 unspecified atom stereocenters. The van der Waals surface area contributed by atoms with Crippen molar-refractivity contribution in [2.24, 2.45) is 5.73 Å². The fourth-order valence-electron chi connectivity index (χ4n) is 2.25. The molecule has 1 heterocycles. The second kappa shape index (κ2) is 8.90. The summed E-state index contributed by atoms with van der Waals surface area (Å²) in [6, 6.07) is 6.46. The van der Waals surface area contributed by atoms with E-state index in [-0.39, 0.29) is 17.9 Å². The first-order chi connectivity index (χ1) is 11.1. The predicted molar refractivity (Wildman–Crippen MR) is 93.6 cm³/mol. The lowest BCUT2D eigenvalue weighted by Crippen LogP contribution is -2.36. The van der Waals surface area contributed by atoms with Crippen LogP contribution in [0.3, 0.4) is 0 Å². The van der Waals surface area contributed by atoms with Crippen molar-refractivity contribution >= 4 is 35.0 Å². The standard InChI is InChI=1S/C16H23N3O3S/c1-23-10-8-13(17)15(20)18-11-4-6-12(7-5-11)19-16(21)14-3-2-9-22-14/h4-7,13-14H,2-3,8-10,17H2,1H3,(H,18,20)(H,19,21). The Morgan fingerprint density at radius 3 is 2.52 bits per heavy atom. The molecule has 126 valence electrons. The average molecular weight is 337 g/mol. The van der Waals surface area contributed by atoms with Gasteiger partial charge >= 0.3 is 0 Å². The van der Waals surface area contributed by atoms with E-state index in [1.54, 1.807) is 36.0 Å². The lowest BCUT2D eigenvalue weighted by molar-refractivity contribution is -0.124. The molecule has 2 rings (SSSR count). The molecular formula is C16H23N3O3S. The summed E-state index contributed by atoms with van der Waals surface area (Å²) in [6.45, 7) is 0.639. The molecule has 0 bridgehead atoms. The Kier molecular flexibility index (Phi) is 6.88. The molecule has 0 radical (unpaired) electrons. The number of thioether (sulfide) groups is 1. The first kappa shape index (κ1) is 17.8. The maximum atomic E-state index is 11.9. The minimum Gasteiger partial charge on any atom is -0.368 e. The number of amides is 2. The van der Waals surface area contributed by atoms with Gasteiger partial charge in [0.25, 0.3) is 5.91 Å². The van der Waals surface area contributed by atoms with Gasteiger partial charge in [-0.25, -0.2) is 0 Å². The summed E-state index contributed by atoms with van der Waals surface area (Å²) in [5.41, 5.74) is 7.15. The summed E-state index contributed by atoms with van der Waals surface area (Å²) in [6.07, 6.45) is 3.94. The van der Waals surface area contributed by atoms with Gasteiger partial charge in [-0.15, -0.1) is 0 Å². The fraction of sp³-hybridized carbons (Fsp3) is 0.500. The number of anilines is 2. The number of rotatable bonds is 7. The lowest BCUT2D eigenvalue weighted by Gasteiger charge is -2.13. The molecule has 6 nitrogen and oxygen atoms in total. The number of carbonyl (C=O) groups excluding carboxylic acids is 2. The molecule has 1 aromatic rings. The maximum absolute atomic E-state index is 11.9. The first-order valence-electron chi connectivity index (χ1n) is 7.68. The van der Waals surface area contributed by atoms with Crippen LogP contribution >= 0.6 is 11.8 Å². The molecule has 23 heavy (non-hydrogen) atoms. The molecule has 0 aromatic heterocycles. The van der Waals surface area contributed by atoms with Gasteiger partial charge in [0.2, 0.25) is 5.91 Å². The van der Waals surface area contributed by atoms with E-state index in [1.165, 1.54) is 0 Å². The summed E-state index contributed by atoms with van der Waals surface area (Å²) < 4.78 is 5.34. The highest BCUT2D eigenvalue weighted by Crippen LogP contribution is 2.17. The van der Waals surface area contributed by atoms with Crippen LogP contribution in [0.1, 0.15) is 19.3 Å². The van der Waals surface area contributed by atoms with Crippen LogP contribution in [0.4, 0.5) is 11.4 Å². The van der Waals surface area contributed by atoms with Gasteiger partial charge < -0.3 is 21.1 Å². The lowest BCUT2D eigenvalue weighted by atomic mass is 10.2. The van der Waals surface area contributed by atoms with Crippen LogP contribution in [-0.4, -0.2) is 42.6 Å². The van der Waals surface area contributed by atoms with E-state index in [4.69, 9.17) is 10.5 Å². The Balaban J connectivity index is 1.84. The number of nitrogens with two attached hydrogens (primary N) is 1. The molecule has 1 saturated heterocycles. The van der Waals surface area contributed by atoms with Crippen LogP contribution in [0.2, 0.25) is 0 Å². The van der Waals surface area contributed by atoms with Crippen molar-refractivity contribution in [3.63, 3.8) is 0 Å². The van der Waals surface area contributed by atoms with Crippen molar-refractivity contribution in [1.29, 1.82) is 0 Å². The number of benzene rings is 1. The molecule has 1 aliphatic rings. The molecule has 4 N–H and O–H groups in total. The van der Waals surface area contributed by atoms with Gasteiger partial charge in [-0.2, -0.15) is 11.8 Å². The highest BCUT2D eigenvalue weighted by molar-refractivity contribution is 7.98. The Morgan fingerprint density at radius 1 is 1.30 bits per heavy atom. The van der Waals surface area contributed by atoms with Crippen LogP contribution in [0, 0.1) is 0 Å². The van der Waals surface area contributed by atoms with Gasteiger partial charge in [0, 0.05) is 18.0 Å². The number of hydrogen-bond acceptors (Lipinski definition) is 5. The Labute approximate surface area is 140 Å². The van der Waals surface area contributed by atoms with E-state index < -0.39 is 6.04 Å². The predicted octanol–water partition coefficient (Wildman–Crippen LogP) is 1.82. The van der Waals surface area contributed by atoms with Crippen molar-refractivity contribution in [2.45, 2.75) is 31.4 Å². The van der Waals surface area contributed by atoms with Crippen LogP contribution in [0.25, 0.3) is 0 Å². The molecule has 2 atom stereocenters. The van der Waals surface area contributed by atoms with Crippen LogP contribution in [0.15, 0.2) is 24.3 Å². The zero-order chi connectivity index (χ0) is 16.7.